The Bertz CT molecular complexity index is 200. The molecule has 0 aliphatic carbocycles. The molecule has 1 saturated heterocycles. The molecular formula is C13H26N2O. The molecule has 3 nitrogen and oxygen atoms in total. The van der Waals surface area contributed by atoms with Crippen LogP contribution in [0.1, 0.15) is 46.0 Å². The summed E-state index contributed by atoms with van der Waals surface area (Å²) in [4.78, 5) is 14.4. The van der Waals surface area contributed by atoms with E-state index in [1.807, 2.05) is 0 Å². The first kappa shape index (κ1) is 13.5. The molecule has 1 amide bonds. The van der Waals surface area contributed by atoms with E-state index < -0.39 is 0 Å². The molecule has 94 valence electrons. The molecule has 0 atom stereocenters. The Kier molecular flexibility index (Phi) is 6.46. The number of unbranched alkanes of at least 4 members (excludes halogenated alkanes) is 1. The van der Waals surface area contributed by atoms with Gasteiger partial charge >= 0.3 is 0 Å². The molecule has 0 unspecified atom stereocenters. The van der Waals surface area contributed by atoms with E-state index in [4.69, 9.17) is 0 Å². The molecule has 16 heavy (non-hydrogen) atoms. The first-order chi connectivity index (χ1) is 7.79. The van der Waals surface area contributed by atoms with E-state index in [-0.39, 0.29) is 5.92 Å². The van der Waals surface area contributed by atoms with E-state index >= 15 is 0 Å². The molecule has 0 aromatic carbocycles. The highest BCUT2D eigenvalue weighted by Gasteiger charge is 2.24. The van der Waals surface area contributed by atoms with Gasteiger partial charge in [0.15, 0.2) is 0 Å². The Morgan fingerprint density at radius 1 is 1.19 bits per heavy atom. The number of rotatable bonds is 6. The summed E-state index contributed by atoms with van der Waals surface area (Å²) >= 11 is 0. The van der Waals surface area contributed by atoms with Crippen LogP contribution in [0.15, 0.2) is 0 Å². The minimum Gasteiger partial charge on any atom is -0.342 e. The van der Waals surface area contributed by atoms with Gasteiger partial charge in [0.25, 0.3) is 0 Å². The zero-order chi connectivity index (χ0) is 11.8. The lowest BCUT2D eigenvalue weighted by molar-refractivity contribution is -0.136. The van der Waals surface area contributed by atoms with Gasteiger partial charge in [-0.3, -0.25) is 4.79 Å². The SMILES string of the molecule is CCCCN(CCC)C(=O)C1CCNCC1. The van der Waals surface area contributed by atoms with Crippen LogP contribution in [0.4, 0.5) is 0 Å². The summed E-state index contributed by atoms with van der Waals surface area (Å²) in [5.74, 6) is 0.682. The minimum absolute atomic E-state index is 0.282. The van der Waals surface area contributed by atoms with Crippen molar-refractivity contribution in [3.8, 4) is 0 Å². The van der Waals surface area contributed by atoms with Crippen LogP contribution >= 0.6 is 0 Å². The highest BCUT2D eigenvalue weighted by atomic mass is 16.2. The van der Waals surface area contributed by atoms with Gasteiger partial charge in [-0.15, -0.1) is 0 Å². The lowest BCUT2D eigenvalue weighted by Crippen LogP contribution is -2.41. The van der Waals surface area contributed by atoms with Gasteiger partial charge in [0.2, 0.25) is 5.91 Å². The number of carbonyl (C=O) groups excluding carboxylic acids is 1. The van der Waals surface area contributed by atoms with Crippen molar-refractivity contribution >= 4 is 5.91 Å². The summed E-state index contributed by atoms with van der Waals surface area (Å²) in [7, 11) is 0. The fourth-order valence-electron chi connectivity index (χ4n) is 2.28. The molecule has 1 fully saturated rings. The van der Waals surface area contributed by atoms with E-state index in [0.717, 1.165) is 51.9 Å². The third kappa shape index (κ3) is 4.12. The minimum atomic E-state index is 0.282. The van der Waals surface area contributed by atoms with Crippen LogP contribution in [0.3, 0.4) is 0 Å². The lowest BCUT2D eigenvalue weighted by Gasteiger charge is -2.29. The van der Waals surface area contributed by atoms with Crippen molar-refractivity contribution in [2.75, 3.05) is 26.2 Å². The second kappa shape index (κ2) is 7.66. The van der Waals surface area contributed by atoms with Crippen molar-refractivity contribution < 1.29 is 4.79 Å². The summed E-state index contributed by atoms with van der Waals surface area (Å²) < 4.78 is 0. The van der Waals surface area contributed by atoms with E-state index in [2.05, 4.69) is 24.1 Å². The van der Waals surface area contributed by atoms with Crippen molar-refractivity contribution in [1.29, 1.82) is 0 Å². The zero-order valence-electron chi connectivity index (χ0n) is 10.8. The molecule has 1 heterocycles. The van der Waals surface area contributed by atoms with Gasteiger partial charge in [-0.25, -0.2) is 0 Å². The Hall–Kier alpha value is -0.570. The molecule has 1 rings (SSSR count). The zero-order valence-corrected chi connectivity index (χ0v) is 10.8. The molecular weight excluding hydrogens is 200 g/mol. The highest BCUT2D eigenvalue weighted by Crippen LogP contribution is 2.15. The maximum Gasteiger partial charge on any atom is 0.225 e. The summed E-state index contributed by atoms with van der Waals surface area (Å²) in [6.45, 7) is 8.22. The third-order valence-electron chi connectivity index (χ3n) is 3.28. The second-order valence-electron chi connectivity index (χ2n) is 4.70. The standard InChI is InChI=1S/C13H26N2O/c1-3-5-11-15(10-4-2)13(16)12-6-8-14-9-7-12/h12,14H,3-11H2,1-2H3. The fraction of sp³-hybridized carbons (Fsp3) is 0.923. The monoisotopic (exact) mass is 226 g/mol. The Labute approximate surface area is 99.6 Å². The van der Waals surface area contributed by atoms with E-state index in [9.17, 15) is 4.79 Å². The van der Waals surface area contributed by atoms with Gasteiger partial charge in [-0.2, -0.15) is 0 Å². The first-order valence-electron chi connectivity index (χ1n) is 6.79. The largest absolute Gasteiger partial charge is 0.342 e. The number of hydrogen-bond acceptors (Lipinski definition) is 2. The number of hydrogen-bond donors (Lipinski definition) is 1. The molecule has 1 aliphatic heterocycles. The predicted molar refractivity (Wildman–Crippen MR) is 67.4 cm³/mol. The molecule has 0 radical (unpaired) electrons. The van der Waals surface area contributed by atoms with Gasteiger partial charge in [0.1, 0.15) is 0 Å². The summed E-state index contributed by atoms with van der Waals surface area (Å²) in [5.41, 5.74) is 0. The quantitative estimate of drug-likeness (QED) is 0.751. The van der Waals surface area contributed by atoms with Crippen LogP contribution < -0.4 is 5.32 Å². The van der Waals surface area contributed by atoms with Crippen molar-refractivity contribution in [3.63, 3.8) is 0 Å². The maximum atomic E-state index is 12.3. The van der Waals surface area contributed by atoms with Crippen LogP contribution in [0.5, 0.6) is 0 Å². The van der Waals surface area contributed by atoms with Crippen LogP contribution in [-0.4, -0.2) is 37.0 Å². The van der Waals surface area contributed by atoms with Crippen LogP contribution in [0.2, 0.25) is 0 Å². The summed E-state index contributed by atoms with van der Waals surface area (Å²) in [6.07, 6.45) is 5.41. The third-order valence-corrected chi connectivity index (χ3v) is 3.28. The molecule has 0 aromatic heterocycles. The van der Waals surface area contributed by atoms with Crippen molar-refractivity contribution in [2.45, 2.75) is 46.0 Å². The molecule has 1 N–H and O–H groups in total. The summed E-state index contributed by atoms with van der Waals surface area (Å²) in [6, 6.07) is 0. The van der Waals surface area contributed by atoms with Crippen LogP contribution in [-0.2, 0) is 4.79 Å². The number of amides is 1. The van der Waals surface area contributed by atoms with E-state index in [1.165, 1.54) is 6.42 Å². The predicted octanol–water partition coefficient (Wildman–Crippen LogP) is 2.02. The number of nitrogens with zero attached hydrogens (tertiary/aromatic N) is 1. The second-order valence-corrected chi connectivity index (χ2v) is 4.70. The van der Waals surface area contributed by atoms with Gasteiger partial charge in [0.05, 0.1) is 0 Å². The fourth-order valence-corrected chi connectivity index (χ4v) is 2.28. The highest BCUT2D eigenvalue weighted by molar-refractivity contribution is 5.79. The smallest absolute Gasteiger partial charge is 0.225 e. The number of nitrogens with one attached hydrogen (secondary N) is 1. The molecule has 1 aliphatic rings. The molecule has 0 spiro atoms. The Balaban J connectivity index is 2.44. The topological polar surface area (TPSA) is 32.3 Å². The lowest BCUT2D eigenvalue weighted by atomic mass is 9.96. The summed E-state index contributed by atoms with van der Waals surface area (Å²) in [5, 5.41) is 3.31. The van der Waals surface area contributed by atoms with E-state index in [1.54, 1.807) is 0 Å². The number of carbonyl (C=O) groups is 1. The number of piperidine rings is 1. The first-order valence-corrected chi connectivity index (χ1v) is 6.79. The molecule has 0 aromatic rings. The van der Waals surface area contributed by atoms with Crippen molar-refractivity contribution in [1.82, 2.24) is 10.2 Å². The average Bonchev–Trinajstić information content (AvgIpc) is 2.35. The Morgan fingerprint density at radius 2 is 1.88 bits per heavy atom. The van der Waals surface area contributed by atoms with Crippen LogP contribution in [0, 0.1) is 5.92 Å². The van der Waals surface area contributed by atoms with Gasteiger partial charge in [0, 0.05) is 19.0 Å². The van der Waals surface area contributed by atoms with E-state index in [0.29, 0.717) is 5.91 Å². The van der Waals surface area contributed by atoms with Crippen molar-refractivity contribution in [2.24, 2.45) is 5.92 Å². The average molecular weight is 226 g/mol. The normalized spacial score (nSPS) is 17.4. The van der Waals surface area contributed by atoms with Crippen molar-refractivity contribution in [3.05, 3.63) is 0 Å². The molecule has 0 saturated carbocycles. The maximum absolute atomic E-state index is 12.3. The van der Waals surface area contributed by atoms with Gasteiger partial charge in [-0.1, -0.05) is 20.3 Å². The van der Waals surface area contributed by atoms with Gasteiger partial charge in [-0.05, 0) is 38.8 Å². The van der Waals surface area contributed by atoms with Crippen LogP contribution in [0.25, 0.3) is 0 Å². The molecule has 0 bridgehead atoms. The Morgan fingerprint density at radius 3 is 2.44 bits per heavy atom. The van der Waals surface area contributed by atoms with Gasteiger partial charge < -0.3 is 10.2 Å². The molecule has 3 heteroatoms.